The number of urea groups is 1. The quantitative estimate of drug-likeness (QED) is 0.795. The number of imide groups is 1. The lowest BCUT2D eigenvalue weighted by Crippen LogP contribution is -2.48. The van der Waals surface area contributed by atoms with Gasteiger partial charge < -0.3 is 5.32 Å². The van der Waals surface area contributed by atoms with Crippen LogP contribution in [0.4, 0.5) is 4.79 Å². The molecule has 0 unspecified atom stereocenters. The Morgan fingerprint density at radius 2 is 2.04 bits per heavy atom. The van der Waals surface area contributed by atoms with Gasteiger partial charge in [0.1, 0.15) is 6.33 Å². The molecule has 1 heterocycles. The standard InChI is InChI=1S/C16H20ClN5O2S/c1-10-5-6-11(7-12(10)17)22-9-18-21-15(22)25-8-13(23)19-14(24)20-16(2,3)4/h5-7,9H,8H2,1-4H3,(H2,19,20,23,24). The van der Waals surface area contributed by atoms with Gasteiger partial charge in [0.2, 0.25) is 5.91 Å². The molecule has 0 saturated heterocycles. The molecule has 0 aliphatic carbocycles. The highest BCUT2D eigenvalue weighted by molar-refractivity contribution is 7.99. The Kier molecular flexibility index (Phi) is 6.07. The maximum absolute atomic E-state index is 11.9. The molecule has 0 aliphatic heterocycles. The van der Waals surface area contributed by atoms with E-state index in [0.717, 1.165) is 11.3 Å². The second-order valence-corrected chi connectivity index (χ2v) is 7.81. The van der Waals surface area contributed by atoms with Crippen molar-refractivity contribution in [3.8, 4) is 5.69 Å². The molecular weight excluding hydrogens is 362 g/mol. The van der Waals surface area contributed by atoms with Crippen molar-refractivity contribution < 1.29 is 9.59 Å². The lowest BCUT2D eigenvalue weighted by molar-refractivity contribution is -0.117. The number of carbonyl (C=O) groups is 2. The zero-order valence-corrected chi connectivity index (χ0v) is 16.0. The van der Waals surface area contributed by atoms with Crippen LogP contribution in [0.15, 0.2) is 29.7 Å². The number of hydrogen-bond donors (Lipinski definition) is 2. The van der Waals surface area contributed by atoms with Crippen molar-refractivity contribution in [3.63, 3.8) is 0 Å². The minimum atomic E-state index is -0.523. The smallest absolute Gasteiger partial charge is 0.321 e. The van der Waals surface area contributed by atoms with E-state index in [2.05, 4.69) is 20.8 Å². The molecule has 0 atom stereocenters. The summed E-state index contributed by atoms with van der Waals surface area (Å²) in [5.74, 6) is -0.376. The summed E-state index contributed by atoms with van der Waals surface area (Å²) in [4.78, 5) is 23.6. The Bertz CT molecular complexity index is 785. The van der Waals surface area contributed by atoms with Crippen molar-refractivity contribution in [2.24, 2.45) is 0 Å². The number of benzene rings is 1. The highest BCUT2D eigenvalue weighted by atomic mass is 35.5. The first-order chi connectivity index (χ1) is 11.7. The van der Waals surface area contributed by atoms with Crippen molar-refractivity contribution in [2.75, 3.05) is 5.75 Å². The van der Waals surface area contributed by atoms with E-state index in [4.69, 9.17) is 11.6 Å². The molecule has 2 N–H and O–H groups in total. The van der Waals surface area contributed by atoms with Crippen LogP contribution in [0.1, 0.15) is 26.3 Å². The molecule has 1 aromatic heterocycles. The number of aromatic nitrogens is 3. The summed E-state index contributed by atoms with van der Waals surface area (Å²) in [6.07, 6.45) is 1.55. The first-order valence-electron chi connectivity index (χ1n) is 7.57. The van der Waals surface area contributed by atoms with Crippen LogP contribution in [-0.4, -0.2) is 38.0 Å². The third-order valence-electron chi connectivity index (χ3n) is 3.02. The number of aryl methyl sites for hydroxylation is 1. The molecule has 3 amide bonds. The average molecular weight is 382 g/mol. The monoisotopic (exact) mass is 381 g/mol. The van der Waals surface area contributed by atoms with Gasteiger partial charge in [-0.1, -0.05) is 29.4 Å². The van der Waals surface area contributed by atoms with E-state index in [9.17, 15) is 9.59 Å². The predicted molar refractivity (Wildman–Crippen MR) is 98.3 cm³/mol. The maximum atomic E-state index is 11.9. The van der Waals surface area contributed by atoms with E-state index in [0.29, 0.717) is 10.2 Å². The van der Waals surface area contributed by atoms with E-state index in [1.54, 1.807) is 17.0 Å². The van der Waals surface area contributed by atoms with Gasteiger partial charge in [-0.25, -0.2) is 4.79 Å². The van der Waals surface area contributed by atoms with Crippen molar-refractivity contribution in [1.82, 2.24) is 25.4 Å². The van der Waals surface area contributed by atoms with Crippen molar-refractivity contribution in [1.29, 1.82) is 0 Å². The van der Waals surface area contributed by atoms with Crippen LogP contribution in [0, 0.1) is 6.92 Å². The SMILES string of the molecule is Cc1ccc(-n2cnnc2SCC(=O)NC(=O)NC(C)(C)C)cc1Cl. The van der Waals surface area contributed by atoms with Gasteiger partial charge in [-0.05, 0) is 45.4 Å². The Morgan fingerprint density at radius 1 is 1.32 bits per heavy atom. The van der Waals surface area contributed by atoms with Gasteiger partial charge in [-0.15, -0.1) is 10.2 Å². The fourth-order valence-electron chi connectivity index (χ4n) is 1.90. The van der Waals surface area contributed by atoms with Crippen LogP contribution in [-0.2, 0) is 4.79 Å². The highest BCUT2D eigenvalue weighted by Gasteiger charge is 2.17. The molecule has 134 valence electrons. The predicted octanol–water partition coefficient (Wildman–Crippen LogP) is 2.95. The van der Waals surface area contributed by atoms with Gasteiger partial charge in [0.05, 0.1) is 11.4 Å². The molecule has 0 fully saturated rings. The number of nitrogens with one attached hydrogen (secondary N) is 2. The van der Waals surface area contributed by atoms with E-state index in [1.807, 2.05) is 39.8 Å². The topological polar surface area (TPSA) is 88.9 Å². The van der Waals surface area contributed by atoms with E-state index in [-0.39, 0.29) is 5.75 Å². The number of halogens is 1. The lowest BCUT2D eigenvalue weighted by atomic mass is 10.1. The van der Waals surface area contributed by atoms with Gasteiger partial charge >= 0.3 is 6.03 Å². The third kappa shape index (κ3) is 5.75. The molecule has 0 spiro atoms. The summed E-state index contributed by atoms with van der Waals surface area (Å²) in [7, 11) is 0. The maximum Gasteiger partial charge on any atom is 0.321 e. The number of hydrogen-bond acceptors (Lipinski definition) is 5. The number of amides is 3. The summed E-state index contributed by atoms with van der Waals surface area (Å²) < 4.78 is 1.73. The molecule has 0 saturated carbocycles. The second-order valence-electron chi connectivity index (χ2n) is 6.46. The van der Waals surface area contributed by atoms with Gasteiger partial charge in [-0.2, -0.15) is 0 Å². The Labute approximate surface area is 155 Å². The molecule has 2 aromatic rings. The largest absolute Gasteiger partial charge is 0.333 e. The van der Waals surface area contributed by atoms with Crippen LogP contribution in [0.5, 0.6) is 0 Å². The normalized spacial score (nSPS) is 11.2. The average Bonchev–Trinajstić information content (AvgIpc) is 2.94. The Hall–Kier alpha value is -2.06. The summed E-state index contributed by atoms with van der Waals surface area (Å²) in [5.41, 5.74) is 1.36. The fourth-order valence-corrected chi connectivity index (χ4v) is 2.80. The van der Waals surface area contributed by atoms with Crippen LogP contribution >= 0.6 is 23.4 Å². The molecule has 0 bridgehead atoms. The fraction of sp³-hybridized carbons (Fsp3) is 0.375. The third-order valence-corrected chi connectivity index (χ3v) is 4.37. The number of rotatable bonds is 4. The number of thioether (sulfide) groups is 1. The van der Waals surface area contributed by atoms with Gasteiger partial charge in [0.25, 0.3) is 0 Å². The molecular formula is C16H20ClN5O2S. The molecule has 0 aliphatic rings. The van der Waals surface area contributed by atoms with E-state index >= 15 is 0 Å². The Balaban J connectivity index is 1.98. The van der Waals surface area contributed by atoms with Crippen LogP contribution in [0.25, 0.3) is 5.69 Å². The second kappa shape index (κ2) is 7.88. The van der Waals surface area contributed by atoms with E-state index < -0.39 is 17.5 Å². The van der Waals surface area contributed by atoms with Gasteiger partial charge in [-0.3, -0.25) is 14.7 Å². The molecule has 7 nitrogen and oxygen atoms in total. The molecule has 1 aromatic carbocycles. The molecule has 0 radical (unpaired) electrons. The van der Waals surface area contributed by atoms with E-state index in [1.165, 1.54) is 11.8 Å². The molecule has 25 heavy (non-hydrogen) atoms. The molecule has 2 rings (SSSR count). The Morgan fingerprint density at radius 3 is 2.68 bits per heavy atom. The van der Waals surface area contributed by atoms with Crippen molar-refractivity contribution in [3.05, 3.63) is 35.1 Å². The summed E-state index contributed by atoms with van der Waals surface area (Å²) in [6.45, 7) is 7.42. The zero-order valence-electron chi connectivity index (χ0n) is 14.5. The minimum Gasteiger partial charge on any atom is -0.333 e. The van der Waals surface area contributed by atoms with Crippen molar-refractivity contribution in [2.45, 2.75) is 38.4 Å². The minimum absolute atomic E-state index is 0.0375. The first-order valence-corrected chi connectivity index (χ1v) is 8.93. The zero-order chi connectivity index (χ0) is 18.6. The molecule has 9 heteroatoms. The summed E-state index contributed by atoms with van der Waals surface area (Å²) in [5, 5.41) is 14.0. The van der Waals surface area contributed by atoms with Crippen LogP contribution in [0.3, 0.4) is 0 Å². The van der Waals surface area contributed by atoms with Gasteiger partial charge in [0, 0.05) is 10.6 Å². The van der Waals surface area contributed by atoms with Gasteiger partial charge in [0.15, 0.2) is 5.16 Å². The first kappa shape index (κ1) is 19.3. The highest BCUT2D eigenvalue weighted by Crippen LogP contribution is 2.23. The van der Waals surface area contributed by atoms with Crippen LogP contribution < -0.4 is 10.6 Å². The lowest BCUT2D eigenvalue weighted by Gasteiger charge is -2.20. The number of nitrogens with zero attached hydrogens (tertiary/aromatic N) is 3. The summed E-state index contributed by atoms with van der Waals surface area (Å²) >= 11 is 7.33. The van der Waals surface area contributed by atoms with Crippen LogP contribution in [0.2, 0.25) is 5.02 Å². The number of carbonyl (C=O) groups excluding carboxylic acids is 2. The van der Waals surface area contributed by atoms with Crippen molar-refractivity contribution >= 4 is 35.3 Å². The summed E-state index contributed by atoms with van der Waals surface area (Å²) in [6, 6.07) is 5.08.